The monoisotopic (exact) mass is 380 g/mol. The lowest BCUT2D eigenvalue weighted by Crippen LogP contribution is -2.18. The van der Waals surface area contributed by atoms with Gasteiger partial charge in [-0.05, 0) is 41.3 Å². The fourth-order valence-electron chi connectivity index (χ4n) is 1.80. The predicted molar refractivity (Wildman–Crippen MR) is 92.6 cm³/mol. The van der Waals surface area contributed by atoms with E-state index in [4.69, 9.17) is 0 Å². The maximum atomic E-state index is 12.0. The van der Waals surface area contributed by atoms with Gasteiger partial charge in [-0.15, -0.1) is 0 Å². The van der Waals surface area contributed by atoms with Gasteiger partial charge in [0, 0.05) is 4.47 Å². The van der Waals surface area contributed by atoms with Crippen molar-refractivity contribution < 1.29 is 8.42 Å². The van der Waals surface area contributed by atoms with Gasteiger partial charge in [-0.25, -0.2) is 4.83 Å². The topological polar surface area (TPSA) is 58.5 Å². The van der Waals surface area contributed by atoms with Crippen molar-refractivity contribution in [2.45, 2.75) is 24.7 Å². The Kier molecular flexibility index (Phi) is 5.37. The lowest BCUT2D eigenvalue weighted by molar-refractivity contribution is 0.584. The van der Waals surface area contributed by atoms with Crippen LogP contribution < -0.4 is 4.83 Å². The number of nitrogens with zero attached hydrogens (tertiary/aromatic N) is 1. The van der Waals surface area contributed by atoms with Crippen LogP contribution in [-0.2, 0) is 10.0 Å². The van der Waals surface area contributed by atoms with Crippen molar-refractivity contribution in [3.05, 3.63) is 64.1 Å². The van der Waals surface area contributed by atoms with Crippen molar-refractivity contribution in [3.63, 3.8) is 0 Å². The van der Waals surface area contributed by atoms with Crippen LogP contribution in [0.15, 0.2) is 63.0 Å². The smallest absolute Gasteiger partial charge is 0.200 e. The fraction of sp³-hybridized carbons (Fsp3) is 0.188. The first-order valence-corrected chi connectivity index (χ1v) is 9.06. The van der Waals surface area contributed by atoms with Gasteiger partial charge in [0.15, 0.2) is 0 Å². The average Bonchev–Trinajstić information content (AvgIpc) is 2.48. The first-order chi connectivity index (χ1) is 10.4. The maximum Gasteiger partial charge on any atom is 0.276 e. The second-order valence-corrected chi connectivity index (χ2v) is 7.70. The summed E-state index contributed by atoms with van der Waals surface area (Å²) in [4.78, 5) is 2.38. The van der Waals surface area contributed by atoms with E-state index in [9.17, 15) is 8.42 Å². The van der Waals surface area contributed by atoms with Gasteiger partial charge < -0.3 is 0 Å². The Morgan fingerprint density at radius 2 is 1.64 bits per heavy atom. The van der Waals surface area contributed by atoms with E-state index in [1.54, 1.807) is 12.1 Å². The van der Waals surface area contributed by atoms with E-state index in [-0.39, 0.29) is 4.90 Å². The summed E-state index contributed by atoms with van der Waals surface area (Å²) >= 11 is 3.27. The summed E-state index contributed by atoms with van der Waals surface area (Å²) in [5, 5.41) is 3.81. The van der Waals surface area contributed by atoms with Crippen molar-refractivity contribution in [2.24, 2.45) is 5.10 Å². The Labute approximate surface area is 139 Å². The minimum Gasteiger partial charge on any atom is -0.200 e. The van der Waals surface area contributed by atoms with Crippen LogP contribution in [0.3, 0.4) is 0 Å². The third kappa shape index (κ3) is 4.42. The largest absolute Gasteiger partial charge is 0.276 e. The highest BCUT2D eigenvalue weighted by Gasteiger charge is 2.11. The van der Waals surface area contributed by atoms with Gasteiger partial charge in [-0.2, -0.15) is 13.5 Å². The lowest BCUT2D eigenvalue weighted by atomic mass is 10.0. The molecule has 0 fully saturated rings. The van der Waals surface area contributed by atoms with E-state index in [1.165, 1.54) is 23.9 Å². The standard InChI is InChI=1S/C16H17BrN2O2S/c1-12(2)14-5-3-13(4-6-14)11-18-19-22(20,21)16-9-7-15(17)8-10-16/h3-12,19H,1-2H3/b18-11+. The molecular weight excluding hydrogens is 364 g/mol. The van der Waals surface area contributed by atoms with E-state index in [1.807, 2.05) is 24.3 Å². The minimum atomic E-state index is -3.64. The number of hydrogen-bond acceptors (Lipinski definition) is 3. The van der Waals surface area contributed by atoms with Crippen molar-refractivity contribution in [1.82, 2.24) is 4.83 Å². The molecule has 0 aliphatic rings. The van der Waals surface area contributed by atoms with Crippen molar-refractivity contribution in [1.29, 1.82) is 0 Å². The number of hydrazone groups is 1. The third-order valence-corrected chi connectivity index (χ3v) is 4.88. The molecule has 0 aliphatic carbocycles. The molecule has 116 valence electrons. The van der Waals surface area contributed by atoms with Crippen molar-refractivity contribution >= 4 is 32.2 Å². The van der Waals surface area contributed by atoms with Gasteiger partial charge in [0.25, 0.3) is 10.0 Å². The van der Waals surface area contributed by atoms with Gasteiger partial charge in [0.1, 0.15) is 0 Å². The number of halogens is 1. The van der Waals surface area contributed by atoms with E-state index in [0.717, 1.165) is 10.0 Å². The molecule has 0 amide bonds. The zero-order valence-electron chi connectivity index (χ0n) is 12.3. The number of rotatable bonds is 5. The number of sulfonamides is 1. The van der Waals surface area contributed by atoms with Gasteiger partial charge in [0.05, 0.1) is 11.1 Å². The number of nitrogens with one attached hydrogen (secondary N) is 1. The van der Waals surface area contributed by atoms with E-state index in [2.05, 4.69) is 39.7 Å². The zero-order valence-corrected chi connectivity index (χ0v) is 14.7. The summed E-state index contributed by atoms with van der Waals surface area (Å²) in [5.74, 6) is 0.460. The molecule has 0 spiro atoms. The van der Waals surface area contributed by atoms with Crippen LogP contribution in [-0.4, -0.2) is 14.6 Å². The minimum absolute atomic E-state index is 0.169. The Morgan fingerprint density at radius 1 is 1.05 bits per heavy atom. The second-order valence-electron chi connectivity index (χ2n) is 5.13. The molecule has 2 aromatic carbocycles. The SMILES string of the molecule is CC(C)c1ccc(/C=N/NS(=O)(=O)c2ccc(Br)cc2)cc1. The van der Waals surface area contributed by atoms with Crippen LogP contribution in [0.1, 0.15) is 30.9 Å². The van der Waals surface area contributed by atoms with Gasteiger partial charge in [0.2, 0.25) is 0 Å². The molecule has 0 aliphatic heterocycles. The molecule has 0 saturated carbocycles. The van der Waals surface area contributed by atoms with Crippen molar-refractivity contribution in [3.8, 4) is 0 Å². The molecule has 6 heteroatoms. The van der Waals surface area contributed by atoms with Gasteiger partial charge >= 0.3 is 0 Å². The Bertz CT molecular complexity index is 752. The molecule has 0 atom stereocenters. The van der Waals surface area contributed by atoms with Crippen LogP contribution in [0.2, 0.25) is 0 Å². The molecule has 0 aromatic heterocycles. The zero-order chi connectivity index (χ0) is 16.2. The maximum absolute atomic E-state index is 12.0. The highest BCUT2D eigenvalue weighted by molar-refractivity contribution is 9.10. The number of hydrogen-bond donors (Lipinski definition) is 1. The quantitative estimate of drug-likeness (QED) is 0.631. The van der Waals surface area contributed by atoms with Crippen LogP contribution in [0, 0.1) is 0 Å². The Hall–Kier alpha value is -1.66. The summed E-state index contributed by atoms with van der Waals surface area (Å²) in [6, 6.07) is 14.2. The average molecular weight is 381 g/mol. The van der Waals surface area contributed by atoms with E-state index < -0.39 is 10.0 Å². The molecular formula is C16H17BrN2O2S. The molecule has 0 radical (unpaired) electrons. The van der Waals surface area contributed by atoms with Gasteiger partial charge in [-0.1, -0.05) is 54.0 Å². The Balaban J connectivity index is 2.06. The molecule has 2 rings (SSSR count). The molecule has 1 N–H and O–H groups in total. The first kappa shape index (κ1) is 16.7. The molecule has 4 nitrogen and oxygen atoms in total. The molecule has 22 heavy (non-hydrogen) atoms. The summed E-state index contributed by atoms with van der Waals surface area (Å²) in [6.45, 7) is 4.24. The molecule has 0 saturated heterocycles. The number of benzene rings is 2. The van der Waals surface area contributed by atoms with Crippen LogP contribution in [0.5, 0.6) is 0 Å². The fourth-order valence-corrected chi connectivity index (χ4v) is 2.86. The normalized spacial score (nSPS) is 12.0. The molecule has 2 aromatic rings. The molecule has 0 bridgehead atoms. The molecule has 0 heterocycles. The second kappa shape index (κ2) is 7.07. The van der Waals surface area contributed by atoms with Gasteiger partial charge in [-0.3, -0.25) is 0 Å². The van der Waals surface area contributed by atoms with E-state index in [0.29, 0.717) is 5.92 Å². The summed E-state index contributed by atoms with van der Waals surface area (Å²) in [6.07, 6.45) is 1.49. The van der Waals surface area contributed by atoms with Crippen LogP contribution >= 0.6 is 15.9 Å². The highest BCUT2D eigenvalue weighted by Crippen LogP contribution is 2.15. The van der Waals surface area contributed by atoms with E-state index >= 15 is 0 Å². The third-order valence-electron chi connectivity index (χ3n) is 3.11. The van der Waals surface area contributed by atoms with Crippen LogP contribution in [0.25, 0.3) is 0 Å². The highest BCUT2D eigenvalue weighted by atomic mass is 79.9. The lowest BCUT2D eigenvalue weighted by Gasteiger charge is -2.05. The summed E-state index contributed by atoms with van der Waals surface area (Å²) < 4.78 is 24.9. The van der Waals surface area contributed by atoms with Crippen LogP contribution in [0.4, 0.5) is 0 Å². The Morgan fingerprint density at radius 3 is 2.18 bits per heavy atom. The predicted octanol–water partition coefficient (Wildman–Crippen LogP) is 3.88. The first-order valence-electron chi connectivity index (χ1n) is 6.79. The summed E-state index contributed by atoms with van der Waals surface area (Å²) in [7, 11) is -3.64. The summed E-state index contributed by atoms with van der Waals surface area (Å²) in [5.41, 5.74) is 2.07. The molecule has 0 unspecified atom stereocenters. The van der Waals surface area contributed by atoms with Crippen molar-refractivity contribution in [2.75, 3.05) is 0 Å².